The van der Waals surface area contributed by atoms with Gasteiger partial charge in [-0.05, 0) is 24.3 Å². The number of aliphatic hydroxyl groups is 1. The van der Waals surface area contributed by atoms with E-state index in [0.29, 0.717) is 10.9 Å². The lowest BCUT2D eigenvalue weighted by molar-refractivity contribution is 0.117. The minimum Gasteiger partial charge on any atom is -0.491 e. The minimum absolute atomic E-state index is 0.0444. The monoisotopic (exact) mass is 381 g/mol. The third-order valence-corrected chi connectivity index (χ3v) is 3.95. The summed E-state index contributed by atoms with van der Waals surface area (Å²) < 4.78 is 48.9. The molecule has 0 amide bonds. The van der Waals surface area contributed by atoms with Crippen LogP contribution in [0.1, 0.15) is 0 Å². The third kappa shape index (κ3) is 4.93. The van der Waals surface area contributed by atoms with Crippen molar-refractivity contribution >= 4 is 16.7 Å². The zero-order chi connectivity index (χ0) is 18.5. The van der Waals surface area contributed by atoms with E-state index < -0.39 is 23.6 Å². The van der Waals surface area contributed by atoms with Crippen molar-refractivity contribution in [3.8, 4) is 17.1 Å². The van der Waals surface area contributed by atoms with Gasteiger partial charge in [-0.25, -0.2) is 13.2 Å². The molecule has 1 unspecified atom stereocenters. The van der Waals surface area contributed by atoms with Crippen LogP contribution >= 0.6 is 11.5 Å². The second-order valence-corrected chi connectivity index (χ2v) is 6.14. The molecule has 0 spiro atoms. The molecule has 136 valence electrons. The lowest BCUT2D eigenvalue weighted by Crippen LogP contribution is -2.26. The van der Waals surface area contributed by atoms with E-state index in [2.05, 4.69) is 14.7 Å². The second kappa shape index (κ2) is 8.15. The zero-order valence-electron chi connectivity index (χ0n) is 13.3. The van der Waals surface area contributed by atoms with E-state index in [1.54, 1.807) is 6.07 Å². The van der Waals surface area contributed by atoms with Crippen LogP contribution in [0.4, 0.5) is 18.3 Å². The predicted octanol–water partition coefficient (Wildman–Crippen LogP) is 3.47. The Morgan fingerprint density at radius 3 is 2.58 bits per heavy atom. The van der Waals surface area contributed by atoms with Crippen LogP contribution < -0.4 is 10.1 Å². The average Bonchev–Trinajstić information content (AvgIpc) is 3.06. The summed E-state index contributed by atoms with van der Waals surface area (Å²) in [6, 6.07) is 8.64. The fourth-order valence-corrected chi connectivity index (χ4v) is 2.70. The Balaban J connectivity index is 1.52. The average molecular weight is 381 g/mol. The molecule has 0 aliphatic rings. The Morgan fingerprint density at radius 1 is 1.08 bits per heavy atom. The van der Waals surface area contributed by atoms with Gasteiger partial charge in [0, 0.05) is 35.8 Å². The van der Waals surface area contributed by atoms with Crippen LogP contribution in [0, 0.1) is 17.5 Å². The van der Waals surface area contributed by atoms with Crippen molar-refractivity contribution in [3.63, 3.8) is 0 Å². The fourth-order valence-electron chi connectivity index (χ4n) is 2.11. The molecule has 0 bridgehead atoms. The molecular formula is C17H14F3N3O2S. The van der Waals surface area contributed by atoms with Gasteiger partial charge in [-0.3, -0.25) is 0 Å². The quantitative estimate of drug-likeness (QED) is 0.656. The van der Waals surface area contributed by atoms with E-state index in [9.17, 15) is 18.3 Å². The number of rotatable bonds is 7. The maximum absolute atomic E-state index is 13.2. The second-order valence-electron chi connectivity index (χ2n) is 5.38. The summed E-state index contributed by atoms with van der Waals surface area (Å²) in [6.07, 6.45) is -0.878. The Morgan fingerprint density at radius 2 is 1.85 bits per heavy atom. The highest BCUT2D eigenvalue weighted by molar-refractivity contribution is 7.09. The highest BCUT2D eigenvalue weighted by Gasteiger charge is 2.11. The number of nitrogens with one attached hydrogen (secondary N) is 1. The Bertz CT molecular complexity index is 871. The van der Waals surface area contributed by atoms with E-state index in [1.807, 2.05) is 0 Å². The summed E-state index contributed by atoms with van der Waals surface area (Å²) >= 11 is 0.996. The van der Waals surface area contributed by atoms with Gasteiger partial charge in [0.05, 0.1) is 0 Å². The van der Waals surface area contributed by atoms with Crippen LogP contribution in [-0.2, 0) is 0 Å². The van der Waals surface area contributed by atoms with E-state index >= 15 is 0 Å². The predicted molar refractivity (Wildman–Crippen MR) is 91.7 cm³/mol. The van der Waals surface area contributed by atoms with Crippen LogP contribution in [-0.4, -0.2) is 33.7 Å². The number of halogens is 3. The smallest absolute Gasteiger partial charge is 0.202 e. The molecule has 2 aromatic carbocycles. The van der Waals surface area contributed by atoms with E-state index in [4.69, 9.17) is 4.74 Å². The number of aromatic nitrogens is 2. The molecule has 2 N–H and O–H groups in total. The SMILES string of the molecule is OC(CNc1nc(-c2cc(F)cc(F)c2)ns1)COc1cccc(F)c1. The van der Waals surface area contributed by atoms with Crippen LogP contribution in [0.5, 0.6) is 5.75 Å². The summed E-state index contributed by atoms with van der Waals surface area (Å²) in [4.78, 5) is 4.13. The molecular weight excluding hydrogens is 367 g/mol. The van der Waals surface area contributed by atoms with Crippen molar-refractivity contribution in [3.05, 3.63) is 59.9 Å². The van der Waals surface area contributed by atoms with Crippen molar-refractivity contribution < 1.29 is 23.0 Å². The number of nitrogens with zero attached hydrogens (tertiary/aromatic N) is 2. The first-order valence-corrected chi connectivity index (χ1v) is 8.37. The lowest BCUT2D eigenvalue weighted by Gasteiger charge is -2.12. The van der Waals surface area contributed by atoms with E-state index in [0.717, 1.165) is 29.7 Å². The molecule has 1 atom stereocenters. The van der Waals surface area contributed by atoms with Gasteiger partial charge in [-0.2, -0.15) is 9.36 Å². The Kier molecular flexibility index (Phi) is 5.69. The van der Waals surface area contributed by atoms with Crippen molar-refractivity contribution in [1.29, 1.82) is 0 Å². The van der Waals surface area contributed by atoms with Crippen molar-refractivity contribution in [2.45, 2.75) is 6.10 Å². The molecule has 3 rings (SSSR count). The largest absolute Gasteiger partial charge is 0.491 e. The van der Waals surface area contributed by atoms with Crippen LogP contribution in [0.25, 0.3) is 11.4 Å². The Labute approximate surface area is 151 Å². The third-order valence-electron chi connectivity index (χ3n) is 3.27. The maximum atomic E-state index is 13.2. The van der Waals surface area contributed by atoms with Gasteiger partial charge < -0.3 is 15.2 Å². The standard InChI is InChI=1S/C17H14F3N3O2S/c18-11-2-1-3-15(7-11)25-9-14(24)8-21-17-22-16(23-26-17)10-4-12(19)6-13(20)5-10/h1-7,14,24H,8-9H2,(H,21,22,23). The van der Waals surface area contributed by atoms with Gasteiger partial charge in [0.25, 0.3) is 0 Å². The first-order valence-electron chi connectivity index (χ1n) is 7.60. The van der Waals surface area contributed by atoms with Gasteiger partial charge in [0.15, 0.2) is 5.82 Å². The number of hydrogen-bond donors (Lipinski definition) is 2. The molecule has 1 aromatic heterocycles. The van der Waals surface area contributed by atoms with Crippen molar-refractivity contribution in [2.75, 3.05) is 18.5 Å². The number of aliphatic hydroxyl groups excluding tert-OH is 1. The summed E-state index contributed by atoms with van der Waals surface area (Å²) in [6.45, 7) is 0.0681. The first kappa shape index (κ1) is 18.2. The van der Waals surface area contributed by atoms with Crippen molar-refractivity contribution in [1.82, 2.24) is 9.36 Å². The molecule has 0 aliphatic carbocycles. The van der Waals surface area contributed by atoms with E-state index in [1.165, 1.54) is 18.2 Å². The first-order chi connectivity index (χ1) is 12.5. The molecule has 0 saturated heterocycles. The normalized spacial score (nSPS) is 12.0. The molecule has 0 radical (unpaired) electrons. The molecule has 9 heteroatoms. The zero-order valence-corrected chi connectivity index (χ0v) is 14.1. The topological polar surface area (TPSA) is 67.3 Å². The summed E-state index contributed by atoms with van der Waals surface area (Å²) in [5.74, 6) is -1.36. The fraction of sp³-hybridized carbons (Fsp3) is 0.176. The molecule has 5 nitrogen and oxygen atoms in total. The molecule has 0 aliphatic heterocycles. The molecule has 3 aromatic rings. The minimum atomic E-state index is -0.878. The molecule has 26 heavy (non-hydrogen) atoms. The lowest BCUT2D eigenvalue weighted by atomic mass is 10.2. The summed E-state index contributed by atoms with van der Waals surface area (Å²) in [5.41, 5.74) is 0.224. The van der Waals surface area contributed by atoms with Gasteiger partial charge in [0.1, 0.15) is 35.9 Å². The van der Waals surface area contributed by atoms with Crippen molar-refractivity contribution in [2.24, 2.45) is 0 Å². The number of ether oxygens (including phenoxy) is 1. The highest BCUT2D eigenvalue weighted by atomic mass is 32.1. The molecule has 0 fully saturated rings. The highest BCUT2D eigenvalue weighted by Crippen LogP contribution is 2.23. The summed E-state index contributed by atoms with van der Waals surface area (Å²) in [5, 5.41) is 13.2. The molecule has 0 saturated carbocycles. The van der Waals surface area contributed by atoms with Gasteiger partial charge >= 0.3 is 0 Å². The number of anilines is 1. The van der Waals surface area contributed by atoms with Gasteiger partial charge in [0.2, 0.25) is 5.13 Å². The van der Waals surface area contributed by atoms with Crippen LogP contribution in [0.15, 0.2) is 42.5 Å². The Hall–Kier alpha value is -2.65. The van der Waals surface area contributed by atoms with Crippen LogP contribution in [0.2, 0.25) is 0 Å². The number of benzene rings is 2. The van der Waals surface area contributed by atoms with E-state index in [-0.39, 0.29) is 24.5 Å². The summed E-state index contributed by atoms with van der Waals surface area (Å²) in [7, 11) is 0. The van der Waals surface area contributed by atoms with Crippen LogP contribution in [0.3, 0.4) is 0 Å². The van der Waals surface area contributed by atoms with Gasteiger partial charge in [-0.15, -0.1) is 0 Å². The number of hydrogen-bond acceptors (Lipinski definition) is 6. The van der Waals surface area contributed by atoms with Gasteiger partial charge in [-0.1, -0.05) is 6.07 Å². The maximum Gasteiger partial charge on any atom is 0.202 e. The molecule has 1 heterocycles.